The molecule has 0 aromatic heterocycles. The smallest absolute Gasteiger partial charge is 0.616 e. The Balaban J connectivity index is 0. The van der Waals surface area contributed by atoms with Crippen LogP contribution in [0.15, 0.2) is 11.8 Å². The molecule has 0 heterocycles. The molecule has 0 aliphatic heterocycles. The second kappa shape index (κ2) is 6.95. The maximum absolute atomic E-state index is 11.1. The summed E-state index contributed by atoms with van der Waals surface area (Å²) in [4.78, 5) is 0. The minimum atomic E-state index is -3.35. The van der Waals surface area contributed by atoms with E-state index in [1.165, 1.54) is 21.3 Å². The summed E-state index contributed by atoms with van der Waals surface area (Å²) in [7, 11) is 0.190. The van der Waals surface area contributed by atoms with Gasteiger partial charge in [-0.1, -0.05) is 0 Å². The Morgan fingerprint density at radius 3 is 2.00 bits per heavy atom. The van der Waals surface area contributed by atoms with Crippen molar-refractivity contribution in [1.29, 1.82) is 0 Å². The van der Waals surface area contributed by atoms with Crippen molar-refractivity contribution in [3.8, 4) is 0 Å². The largest absolute Gasteiger partial charge is 1.00 e. The average molecular weight is 204 g/mol. The van der Waals surface area contributed by atoms with Gasteiger partial charge in [-0.2, -0.15) is 0 Å². The van der Waals surface area contributed by atoms with Crippen molar-refractivity contribution in [3.05, 3.63) is 11.8 Å². The zero-order valence-corrected chi connectivity index (χ0v) is 10.5. The number of hydrogen-bond donors (Lipinski definition) is 0. The molecule has 0 saturated heterocycles. The van der Waals surface area contributed by atoms with Gasteiger partial charge in [0.05, 0.1) is 5.95 Å². The van der Waals surface area contributed by atoms with E-state index in [0.29, 0.717) is 0 Å². The standard InChI is InChI=1S/C5H11O5P.Na/c1-8-5(6)4-11(7,9-2)10-3;/h4,6H,1-3H3;/q;+1/p-1/b5-4+;. The zero-order chi connectivity index (χ0) is 8.91. The summed E-state index contributed by atoms with van der Waals surface area (Å²) >= 11 is 0. The first-order valence-electron chi connectivity index (χ1n) is 2.73. The minimum absolute atomic E-state index is 0. The second-order valence-electron chi connectivity index (χ2n) is 1.56. The van der Waals surface area contributed by atoms with Gasteiger partial charge < -0.3 is 18.9 Å². The number of hydrogen-bond acceptors (Lipinski definition) is 5. The first-order chi connectivity index (χ1) is 5.08. The van der Waals surface area contributed by atoms with Crippen LogP contribution < -0.4 is 34.7 Å². The molecule has 0 spiro atoms. The van der Waals surface area contributed by atoms with Crippen molar-refractivity contribution in [1.82, 2.24) is 0 Å². The van der Waals surface area contributed by atoms with Gasteiger partial charge in [0.15, 0.2) is 0 Å². The fourth-order valence-corrected chi connectivity index (χ4v) is 1.09. The summed E-state index contributed by atoms with van der Waals surface area (Å²) in [6.07, 6.45) is 0. The molecule has 0 amide bonds. The third-order valence-electron chi connectivity index (χ3n) is 0.974. The molecule has 0 bridgehead atoms. The quantitative estimate of drug-likeness (QED) is 0.283. The van der Waals surface area contributed by atoms with Crippen molar-refractivity contribution >= 4 is 7.60 Å². The molecule has 7 heteroatoms. The summed E-state index contributed by atoms with van der Waals surface area (Å²) in [6.45, 7) is 0. The van der Waals surface area contributed by atoms with E-state index in [4.69, 9.17) is 0 Å². The molecule has 0 saturated carbocycles. The molecule has 5 nitrogen and oxygen atoms in total. The summed E-state index contributed by atoms with van der Waals surface area (Å²) in [5.41, 5.74) is 0. The van der Waals surface area contributed by atoms with Crippen LogP contribution in [0, 0.1) is 0 Å². The van der Waals surface area contributed by atoms with E-state index in [1.807, 2.05) is 0 Å². The molecule has 0 aliphatic carbocycles. The fourth-order valence-electron chi connectivity index (χ4n) is 0.362. The van der Waals surface area contributed by atoms with Gasteiger partial charge >= 0.3 is 37.2 Å². The second-order valence-corrected chi connectivity index (χ2v) is 3.63. The molecule has 0 aromatic carbocycles. The first kappa shape index (κ1) is 15.0. The average Bonchev–Trinajstić information content (AvgIpc) is 2.04. The van der Waals surface area contributed by atoms with Crippen molar-refractivity contribution in [2.45, 2.75) is 0 Å². The summed E-state index contributed by atoms with van der Waals surface area (Å²) < 4.78 is 24.2. The van der Waals surface area contributed by atoms with Crippen LogP contribution in [-0.2, 0) is 18.3 Å². The van der Waals surface area contributed by atoms with Crippen LogP contribution in [0.25, 0.3) is 0 Å². The van der Waals surface area contributed by atoms with E-state index >= 15 is 0 Å². The van der Waals surface area contributed by atoms with Gasteiger partial charge in [0.25, 0.3) is 0 Å². The van der Waals surface area contributed by atoms with Crippen molar-refractivity contribution in [3.63, 3.8) is 0 Å². The molecule has 0 radical (unpaired) electrons. The van der Waals surface area contributed by atoms with E-state index in [2.05, 4.69) is 13.8 Å². The van der Waals surface area contributed by atoms with Crippen LogP contribution in [-0.4, -0.2) is 21.3 Å². The Hall–Kier alpha value is 0.490. The Kier molecular flexibility index (Phi) is 8.68. The van der Waals surface area contributed by atoms with Gasteiger partial charge in [0.1, 0.15) is 0 Å². The van der Waals surface area contributed by atoms with Crippen LogP contribution >= 0.6 is 7.60 Å². The van der Waals surface area contributed by atoms with Crippen molar-refractivity contribution < 1.29 is 53.0 Å². The maximum Gasteiger partial charge on any atom is 1.00 e. The molecule has 0 unspecified atom stereocenters. The monoisotopic (exact) mass is 204 g/mol. The van der Waals surface area contributed by atoms with Gasteiger partial charge in [-0.25, -0.2) is 0 Å². The molecular weight excluding hydrogens is 194 g/mol. The molecule has 0 fully saturated rings. The first-order valence-corrected chi connectivity index (χ1v) is 4.34. The normalized spacial score (nSPS) is 12.1. The minimum Gasteiger partial charge on any atom is -0.616 e. The van der Waals surface area contributed by atoms with Crippen LogP contribution in [0.3, 0.4) is 0 Å². The summed E-state index contributed by atoms with van der Waals surface area (Å²) in [5, 5.41) is 10.5. The summed E-state index contributed by atoms with van der Waals surface area (Å²) in [5.74, 6) is 0.0320. The number of ether oxygens (including phenoxy) is 1. The van der Waals surface area contributed by atoms with Gasteiger partial charge in [0, 0.05) is 20.0 Å². The van der Waals surface area contributed by atoms with Gasteiger partial charge in [-0.3, -0.25) is 4.57 Å². The van der Waals surface area contributed by atoms with Crippen LogP contribution in [0.2, 0.25) is 0 Å². The van der Waals surface area contributed by atoms with E-state index in [9.17, 15) is 9.67 Å². The SMILES string of the molecule is CO/C([O-])=C/P(=O)(OC)OC.[Na+]. The van der Waals surface area contributed by atoms with Crippen molar-refractivity contribution in [2.24, 2.45) is 0 Å². The number of methoxy groups -OCH3 is 1. The molecule has 0 aliphatic rings. The van der Waals surface area contributed by atoms with Crippen LogP contribution in [0.1, 0.15) is 0 Å². The topological polar surface area (TPSA) is 67.8 Å². The molecule has 0 atom stereocenters. The fraction of sp³-hybridized carbons (Fsp3) is 0.600. The van der Waals surface area contributed by atoms with Crippen LogP contribution in [0.4, 0.5) is 0 Å². The van der Waals surface area contributed by atoms with E-state index in [1.54, 1.807) is 0 Å². The molecular formula is C5H10NaO5P. The maximum atomic E-state index is 11.1. The number of rotatable bonds is 4. The molecule has 12 heavy (non-hydrogen) atoms. The Labute approximate surface area is 93.5 Å². The third kappa shape index (κ3) is 5.19. The van der Waals surface area contributed by atoms with E-state index in [0.717, 1.165) is 5.82 Å². The molecule has 0 rings (SSSR count). The predicted octanol–water partition coefficient (Wildman–Crippen LogP) is -2.72. The van der Waals surface area contributed by atoms with Crippen molar-refractivity contribution in [2.75, 3.05) is 21.3 Å². The molecule has 66 valence electrons. The van der Waals surface area contributed by atoms with Gasteiger partial charge in [-0.05, 0) is 7.11 Å². The van der Waals surface area contributed by atoms with E-state index in [-0.39, 0.29) is 29.6 Å². The molecule has 0 aromatic rings. The Bertz CT molecular complexity index is 184. The third-order valence-corrected chi connectivity index (χ3v) is 2.52. The predicted molar refractivity (Wildman–Crippen MR) is 36.7 cm³/mol. The Morgan fingerprint density at radius 2 is 1.75 bits per heavy atom. The molecule has 0 N–H and O–H groups in total. The van der Waals surface area contributed by atoms with Crippen LogP contribution in [0.5, 0.6) is 0 Å². The zero-order valence-electron chi connectivity index (χ0n) is 7.57. The van der Waals surface area contributed by atoms with Gasteiger partial charge in [0.2, 0.25) is 0 Å². The van der Waals surface area contributed by atoms with E-state index < -0.39 is 13.5 Å². The Morgan fingerprint density at radius 1 is 1.33 bits per heavy atom. The summed E-state index contributed by atoms with van der Waals surface area (Å²) in [6, 6.07) is 0. The van der Waals surface area contributed by atoms with Gasteiger partial charge in [-0.15, -0.1) is 0 Å².